The van der Waals surface area contributed by atoms with Gasteiger partial charge in [0.25, 0.3) is 0 Å². The summed E-state index contributed by atoms with van der Waals surface area (Å²) < 4.78 is 5.25. The molecule has 0 aliphatic carbocycles. The zero-order valence-corrected chi connectivity index (χ0v) is 9.60. The van der Waals surface area contributed by atoms with E-state index in [0.29, 0.717) is 0 Å². The first-order valence-electron chi connectivity index (χ1n) is 4.75. The van der Waals surface area contributed by atoms with Crippen LogP contribution < -0.4 is 5.73 Å². The van der Waals surface area contributed by atoms with E-state index in [9.17, 15) is 0 Å². The van der Waals surface area contributed by atoms with Gasteiger partial charge in [0.2, 0.25) is 0 Å². The van der Waals surface area contributed by atoms with E-state index in [-0.39, 0.29) is 0 Å². The number of benzene rings is 1. The molecule has 0 fully saturated rings. The Balaban J connectivity index is 2.32. The van der Waals surface area contributed by atoms with E-state index in [1.807, 2.05) is 25.1 Å². The van der Waals surface area contributed by atoms with Gasteiger partial charge in [0.1, 0.15) is 5.76 Å². The van der Waals surface area contributed by atoms with E-state index in [1.54, 1.807) is 18.0 Å². The molecule has 0 amide bonds. The highest BCUT2D eigenvalue weighted by Crippen LogP contribution is 2.34. The lowest BCUT2D eigenvalue weighted by Gasteiger charge is -2.05. The summed E-state index contributed by atoms with van der Waals surface area (Å²) in [6, 6.07) is 8.00. The zero-order valence-electron chi connectivity index (χ0n) is 8.78. The van der Waals surface area contributed by atoms with Crippen molar-refractivity contribution in [3.8, 4) is 0 Å². The maximum absolute atomic E-state index is 5.90. The number of anilines is 1. The minimum Gasteiger partial charge on any atom is -0.468 e. The SMILES string of the molecule is Cc1ccc(N)c(Sc2ccoc2C)c1. The summed E-state index contributed by atoms with van der Waals surface area (Å²) in [5.74, 6) is 0.931. The quantitative estimate of drug-likeness (QED) is 0.784. The maximum atomic E-state index is 5.90. The van der Waals surface area contributed by atoms with Gasteiger partial charge in [0.15, 0.2) is 0 Å². The Labute approximate surface area is 93.5 Å². The van der Waals surface area contributed by atoms with Crippen molar-refractivity contribution < 1.29 is 4.42 Å². The van der Waals surface area contributed by atoms with Crippen molar-refractivity contribution in [2.45, 2.75) is 23.6 Å². The van der Waals surface area contributed by atoms with E-state index in [1.165, 1.54) is 5.56 Å². The predicted octanol–water partition coefficient (Wildman–Crippen LogP) is 3.63. The van der Waals surface area contributed by atoms with Crippen LogP contribution in [0.1, 0.15) is 11.3 Å². The van der Waals surface area contributed by atoms with Gasteiger partial charge in [-0.3, -0.25) is 0 Å². The van der Waals surface area contributed by atoms with Gasteiger partial charge in [0.05, 0.1) is 11.2 Å². The summed E-state index contributed by atoms with van der Waals surface area (Å²) in [5, 5.41) is 0. The third-order valence-electron chi connectivity index (χ3n) is 2.20. The van der Waals surface area contributed by atoms with Crippen LogP contribution in [0.2, 0.25) is 0 Å². The fraction of sp³-hybridized carbons (Fsp3) is 0.167. The minimum absolute atomic E-state index is 0.811. The highest BCUT2D eigenvalue weighted by atomic mass is 32.2. The topological polar surface area (TPSA) is 39.2 Å². The highest BCUT2D eigenvalue weighted by molar-refractivity contribution is 7.99. The third kappa shape index (κ3) is 2.18. The molecule has 0 saturated carbocycles. The predicted molar refractivity (Wildman–Crippen MR) is 63.2 cm³/mol. The third-order valence-corrected chi connectivity index (χ3v) is 3.42. The molecule has 0 spiro atoms. The Morgan fingerprint density at radius 1 is 1.13 bits per heavy atom. The van der Waals surface area contributed by atoms with Gasteiger partial charge >= 0.3 is 0 Å². The molecule has 2 rings (SSSR count). The first-order chi connectivity index (χ1) is 7.16. The Kier molecular flexibility index (Phi) is 2.73. The van der Waals surface area contributed by atoms with Crippen LogP contribution in [-0.2, 0) is 0 Å². The first kappa shape index (κ1) is 10.2. The molecular weight excluding hydrogens is 206 g/mol. The first-order valence-corrected chi connectivity index (χ1v) is 5.56. The van der Waals surface area contributed by atoms with Gasteiger partial charge < -0.3 is 10.2 Å². The lowest BCUT2D eigenvalue weighted by molar-refractivity contribution is 0.527. The second-order valence-corrected chi connectivity index (χ2v) is 4.57. The normalized spacial score (nSPS) is 10.5. The van der Waals surface area contributed by atoms with Gasteiger partial charge in [0, 0.05) is 10.6 Å². The van der Waals surface area contributed by atoms with Crippen molar-refractivity contribution in [2.75, 3.05) is 5.73 Å². The standard InChI is InChI=1S/C12H13NOS/c1-8-3-4-10(13)12(7-8)15-11-5-6-14-9(11)2/h3-7H,13H2,1-2H3. The summed E-state index contributed by atoms with van der Waals surface area (Å²) >= 11 is 1.64. The highest BCUT2D eigenvalue weighted by Gasteiger charge is 2.06. The Bertz CT molecular complexity index is 476. The number of furan rings is 1. The Morgan fingerprint density at radius 2 is 1.93 bits per heavy atom. The van der Waals surface area contributed by atoms with E-state index >= 15 is 0 Å². The number of nitrogen functional groups attached to an aromatic ring is 1. The van der Waals surface area contributed by atoms with Gasteiger partial charge in [-0.2, -0.15) is 0 Å². The fourth-order valence-corrected chi connectivity index (χ4v) is 2.31. The molecule has 2 nitrogen and oxygen atoms in total. The number of rotatable bonds is 2. The minimum atomic E-state index is 0.811. The lowest BCUT2D eigenvalue weighted by Crippen LogP contribution is -1.88. The van der Waals surface area contributed by atoms with Crippen molar-refractivity contribution in [1.82, 2.24) is 0 Å². The number of aryl methyl sites for hydroxylation is 2. The van der Waals surface area contributed by atoms with Crippen molar-refractivity contribution >= 4 is 17.4 Å². The fourth-order valence-electron chi connectivity index (χ4n) is 1.33. The van der Waals surface area contributed by atoms with Gasteiger partial charge in [-0.25, -0.2) is 0 Å². The molecule has 0 bridgehead atoms. The van der Waals surface area contributed by atoms with E-state index in [2.05, 4.69) is 13.0 Å². The summed E-state index contributed by atoms with van der Waals surface area (Å²) in [7, 11) is 0. The number of hydrogen-bond acceptors (Lipinski definition) is 3. The Morgan fingerprint density at radius 3 is 2.60 bits per heavy atom. The number of nitrogens with two attached hydrogens (primary N) is 1. The molecule has 78 valence electrons. The molecule has 3 heteroatoms. The molecular formula is C12H13NOS. The molecule has 15 heavy (non-hydrogen) atoms. The number of hydrogen-bond donors (Lipinski definition) is 1. The van der Waals surface area contributed by atoms with Gasteiger partial charge in [-0.1, -0.05) is 17.8 Å². The molecule has 0 radical (unpaired) electrons. The lowest BCUT2D eigenvalue weighted by atomic mass is 10.2. The van der Waals surface area contributed by atoms with E-state index < -0.39 is 0 Å². The largest absolute Gasteiger partial charge is 0.468 e. The van der Waals surface area contributed by atoms with Gasteiger partial charge in [-0.05, 0) is 37.6 Å². The van der Waals surface area contributed by atoms with Crippen LogP contribution in [0.4, 0.5) is 5.69 Å². The molecule has 0 atom stereocenters. The van der Waals surface area contributed by atoms with Crippen LogP contribution in [0.5, 0.6) is 0 Å². The zero-order chi connectivity index (χ0) is 10.8. The smallest absolute Gasteiger partial charge is 0.114 e. The average Bonchev–Trinajstić information content (AvgIpc) is 2.58. The monoisotopic (exact) mass is 219 g/mol. The summed E-state index contributed by atoms with van der Waals surface area (Å²) in [6.07, 6.45) is 1.70. The molecule has 2 aromatic rings. The molecule has 2 N–H and O–H groups in total. The molecule has 1 aromatic heterocycles. The van der Waals surface area contributed by atoms with Crippen LogP contribution in [0.15, 0.2) is 44.7 Å². The average molecular weight is 219 g/mol. The van der Waals surface area contributed by atoms with Crippen LogP contribution in [0.25, 0.3) is 0 Å². The Hall–Kier alpha value is -1.35. The molecule has 0 saturated heterocycles. The summed E-state index contributed by atoms with van der Waals surface area (Å²) in [4.78, 5) is 2.20. The molecule has 0 unspecified atom stereocenters. The van der Waals surface area contributed by atoms with Crippen LogP contribution in [0, 0.1) is 13.8 Å². The van der Waals surface area contributed by atoms with Crippen molar-refractivity contribution in [2.24, 2.45) is 0 Å². The van der Waals surface area contributed by atoms with Gasteiger partial charge in [-0.15, -0.1) is 0 Å². The van der Waals surface area contributed by atoms with E-state index in [4.69, 9.17) is 10.2 Å². The summed E-state index contributed by atoms with van der Waals surface area (Å²) in [5.41, 5.74) is 7.93. The van der Waals surface area contributed by atoms with Crippen molar-refractivity contribution in [3.05, 3.63) is 41.9 Å². The second-order valence-electron chi connectivity index (χ2n) is 3.48. The molecule has 1 heterocycles. The van der Waals surface area contributed by atoms with Crippen molar-refractivity contribution in [3.63, 3.8) is 0 Å². The second kappa shape index (κ2) is 4.03. The van der Waals surface area contributed by atoms with Crippen molar-refractivity contribution in [1.29, 1.82) is 0 Å². The molecule has 1 aromatic carbocycles. The van der Waals surface area contributed by atoms with Crippen LogP contribution >= 0.6 is 11.8 Å². The van der Waals surface area contributed by atoms with E-state index in [0.717, 1.165) is 21.2 Å². The maximum Gasteiger partial charge on any atom is 0.114 e. The summed E-state index contributed by atoms with van der Waals surface area (Å²) in [6.45, 7) is 4.01. The van der Waals surface area contributed by atoms with Crippen LogP contribution in [0.3, 0.4) is 0 Å². The molecule has 0 aliphatic heterocycles. The molecule has 0 aliphatic rings. The van der Waals surface area contributed by atoms with Crippen LogP contribution in [-0.4, -0.2) is 0 Å².